The molecule has 0 amide bonds. The zero-order chi connectivity index (χ0) is 11.4. The Morgan fingerprint density at radius 3 is 2.94 bits per heavy atom. The molecule has 1 saturated carbocycles. The van der Waals surface area contributed by atoms with Crippen molar-refractivity contribution in [3.63, 3.8) is 0 Å². The molecule has 1 aliphatic rings. The van der Waals surface area contributed by atoms with Gasteiger partial charge in [0.15, 0.2) is 0 Å². The molecule has 0 bridgehead atoms. The van der Waals surface area contributed by atoms with Crippen molar-refractivity contribution < 1.29 is 0 Å². The molecule has 1 aliphatic carbocycles. The van der Waals surface area contributed by atoms with Gasteiger partial charge in [-0.2, -0.15) is 0 Å². The second-order valence-corrected chi connectivity index (χ2v) is 6.09. The number of hydrogen-bond acceptors (Lipinski definition) is 3. The minimum absolute atomic E-state index is 0.380. The zero-order valence-corrected chi connectivity index (χ0v) is 11.1. The van der Waals surface area contributed by atoms with Crippen LogP contribution in [0, 0.1) is 5.41 Å². The predicted octanol–water partition coefficient (Wildman–Crippen LogP) is 3.24. The fourth-order valence-electron chi connectivity index (χ4n) is 2.28. The van der Waals surface area contributed by atoms with E-state index < -0.39 is 0 Å². The van der Waals surface area contributed by atoms with E-state index in [9.17, 15) is 0 Å². The van der Waals surface area contributed by atoms with Crippen LogP contribution in [0.4, 0.5) is 0 Å². The molecule has 2 nitrogen and oxygen atoms in total. The summed E-state index contributed by atoms with van der Waals surface area (Å²) in [6.07, 6.45) is 6.40. The zero-order valence-electron chi connectivity index (χ0n) is 10.3. The van der Waals surface area contributed by atoms with Crippen molar-refractivity contribution >= 4 is 11.3 Å². The molecule has 90 valence electrons. The van der Waals surface area contributed by atoms with Gasteiger partial charge in [0.1, 0.15) is 0 Å². The Labute approximate surface area is 102 Å². The van der Waals surface area contributed by atoms with E-state index in [0.29, 0.717) is 5.41 Å². The highest BCUT2D eigenvalue weighted by Gasteiger charge is 2.28. The smallest absolute Gasteiger partial charge is 0.0794 e. The van der Waals surface area contributed by atoms with E-state index in [0.717, 1.165) is 19.0 Å². The molecule has 0 aromatic carbocycles. The fourth-order valence-corrected chi connectivity index (χ4v) is 2.84. The number of aromatic nitrogens is 1. The van der Waals surface area contributed by atoms with Crippen LogP contribution < -0.4 is 5.32 Å². The third kappa shape index (κ3) is 3.56. The maximum Gasteiger partial charge on any atom is 0.0794 e. The van der Waals surface area contributed by atoms with Crippen LogP contribution in [0.2, 0.25) is 0 Å². The summed E-state index contributed by atoms with van der Waals surface area (Å²) in [5.74, 6) is 0. The van der Waals surface area contributed by atoms with Crippen molar-refractivity contribution in [3.8, 4) is 0 Å². The maximum atomic E-state index is 4.42. The van der Waals surface area contributed by atoms with Gasteiger partial charge in [0.25, 0.3) is 0 Å². The second kappa shape index (κ2) is 5.28. The van der Waals surface area contributed by atoms with Gasteiger partial charge >= 0.3 is 0 Å². The maximum absolute atomic E-state index is 4.42. The topological polar surface area (TPSA) is 24.9 Å². The first-order valence-electron chi connectivity index (χ1n) is 6.32. The van der Waals surface area contributed by atoms with Crippen LogP contribution in [0.25, 0.3) is 0 Å². The molecule has 1 heterocycles. The summed E-state index contributed by atoms with van der Waals surface area (Å²) in [6.45, 7) is 5.81. The molecular weight excluding hydrogens is 216 g/mol. The quantitative estimate of drug-likeness (QED) is 0.789. The lowest BCUT2D eigenvalue weighted by Crippen LogP contribution is -2.35. The lowest BCUT2D eigenvalue weighted by atomic mass is 9.81. The summed E-state index contributed by atoms with van der Waals surface area (Å²) in [7, 11) is 0. The van der Waals surface area contributed by atoms with Crippen LogP contribution in [0.1, 0.15) is 45.2 Å². The van der Waals surface area contributed by atoms with Crippen molar-refractivity contribution in [2.24, 2.45) is 5.41 Å². The van der Waals surface area contributed by atoms with E-state index in [1.165, 1.54) is 31.4 Å². The third-order valence-electron chi connectivity index (χ3n) is 3.34. The van der Waals surface area contributed by atoms with Gasteiger partial charge in [-0.05, 0) is 31.1 Å². The molecule has 3 heteroatoms. The number of nitrogens with one attached hydrogen (secondary N) is 1. The largest absolute Gasteiger partial charge is 0.313 e. The molecule has 0 spiro atoms. The van der Waals surface area contributed by atoms with Crippen LogP contribution in [0.15, 0.2) is 10.9 Å². The second-order valence-electron chi connectivity index (χ2n) is 5.37. The minimum atomic E-state index is 0.380. The van der Waals surface area contributed by atoms with Gasteiger partial charge in [-0.3, -0.25) is 0 Å². The number of rotatable bonds is 7. The van der Waals surface area contributed by atoms with Crippen molar-refractivity contribution in [2.75, 3.05) is 6.54 Å². The van der Waals surface area contributed by atoms with E-state index in [1.54, 1.807) is 11.3 Å². The summed E-state index contributed by atoms with van der Waals surface area (Å²) >= 11 is 1.70. The summed E-state index contributed by atoms with van der Waals surface area (Å²) < 4.78 is 0. The molecule has 1 aromatic heterocycles. The van der Waals surface area contributed by atoms with Gasteiger partial charge in [0, 0.05) is 18.0 Å². The molecule has 0 aliphatic heterocycles. The van der Waals surface area contributed by atoms with E-state index in [1.807, 2.05) is 5.51 Å². The number of thiazole rings is 1. The Morgan fingerprint density at radius 1 is 1.56 bits per heavy atom. The third-order valence-corrected chi connectivity index (χ3v) is 3.98. The van der Waals surface area contributed by atoms with Crippen molar-refractivity contribution in [2.45, 2.75) is 52.0 Å². The van der Waals surface area contributed by atoms with Crippen LogP contribution in [-0.2, 0) is 6.42 Å². The number of hydrogen-bond donors (Lipinski definition) is 1. The summed E-state index contributed by atoms with van der Waals surface area (Å²) in [5, 5.41) is 5.86. The lowest BCUT2D eigenvalue weighted by Gasteiger charge is -2.29. The van der Waals surface area contributed by atoms with Gasteiger partial charge in [-0.25, -0.2) is 4.98 Å². The predicted molar refractivity (Wildman–Crippen MR) is 69.9 cm³/mol. The molecule has 0 saturated heterocycles. The first-order chi connectivity index (χ1) is 7.72. The normalized spacial score (nSPS) is 19.6. The van der Waals surface area contributed by atoms with E-state index in [-0.39, 0.29) is 0 Å². The Bertz CT molecular complexity index is 306. The summed E-state index contributed by atoms with van der Waals surface area (Å²) in [6, 6.07) is 0.812. The molecule has 16 heavy (non-hydrogen) atoms. The first-order valence-corrected chi connectivity index (χ1v) is 7.26. The average Bonchev–Trinajstić information content (AvgIpc) is 2.95. The number of nitrogens with zero attached hydrogens (tertiary/aromatic N) is 1. The van der Waals surface area contributed by atoms with Gasteiger partial charge < -0.3 is 5.32 Å². The first kappa shape index (κ1) is 12.1. The average molecular weight is 238 g/mol. The molecular formula is C13H22N2S. The van der Waals surface area contributed by atoms with Crippen LogP contribution >= 0.6 is 11.3 Å². The van der Waals surface area contributed by atoms with Gasteiger partial charge in [0.05, 0.1) is 11.2 Å². The van der Waals surface area contributed by atoms with Gasteiger partial charge in [0.2, 0.25) is 0 Å². The van der Waals surface area contributed by atoms with Crippen LogP contribution in [0.5, 0.6) is 0 Å². The standard InChI is InChI=1S/C13H22N2S/c1-3-6-13(2,9-14-11-4-5-11)7-12-8-16-10-15-12/h8,10-11,14H,3-7,9H2,1-2H3. The SMILES string of the molecule is CCCC(C)(CNC1CC1)Cc1cscn1. The van der Waals surface area contributed by atoms with Crippen molar-refractivity contribution in [1.29, 1.82) is 0 Å². The highest BCUT2D eigenvalue weighted by molar-refractivity contribution is 7.07. The molecule has 1 N–H and O–H groups in total. The summed E-state index contributed by atoms with van der Waals surface area (Å²) in [5.41, 5.74) is 3.58. The van der Waals surface area contributed by atoms with Gasteiger partial charge in [-0.15, -0.1) is 11.3 Å². The molecule has 1 unspecified atom stereocenters. The van der Waals surface area contributed by atoms with Crippen LogP contribution in [0.3, 0.4) is 0 Å². The molecule has 1 aromatic rings. The van der Waals surface area contributed by atoms with Crippen molar-refractivity contribution in [1.82, 2.24) is 10.3 Å². The highest BCUT2D eigenvalue weighted by Crippen LogP contribution is 2.29. The molecule has 2 rings (SSSR count). The lowest BCUT2D eigenvalue weighted by molar-refractivity contribution is 0.272. The van der Waals surface area contributed by atoms with E-state index in [2.05, 4.69) is 29.5 Å². The Morgan fingerprint density at radius 2 is 2.38 bits per heavy atom. The van der Waals surface area contributed by atoms with Crippen LogP contribution in [-0.4, -0.2) is 17.6 Å². The molecule has 1 atom stereocenters. The van der Waals surface area contributed by atoms with Crippen molar-refractivity contribution in [3.05, 3.63) is 16.6 Å². The Hall–Kier alpha value is -0.410. The highest BCUT2D eigenvalue weighted by atomic mass is 32.1. The Kier molecular flexibility index (Phi) is 3.98. The van der Waals surface area contributed by atoms with E-state index in [4.69, 9.17) is 0 Å². The Balaban J connectivity index is 1.89. The minimum Gasteiger partial charge on any atom is -0.313 e. The molecule has 1 fully saturated rings. The fraction of sp³-hybridized carbons (Fsp3) is 0.769. The van der Waals surface area contributed by atoms with E-state index >= 15 is 0 Å². The van der Waals surface area contributed by atoms with Gasteiger partial charge in [-0.1, -0.05) is 20.3 Å². The summed E-state index contributed by atoms with van der Waals surface area (Å²) in [4.78, 5) is 4.42. The monoisotopic (exact) mass is 238 g/mol. The molecule has 0 radical (unpaired) electrons.